The molecular weight excluding hydrogens is 87.1 g/mol. The third-order valence-electron chi connectivity index (χ3n) is 0.408. The van der Waals surface area contributed by atoms with Gasteiger partial charge in [0.05, 0.1) is 0 Å². The van der Waals surface area contributed by atoms with Gasteiger partial charge in [0.1, 0.15) is 0 Å². The van der Waals surface area contributed by atoms with Crippen molar-refractivity contribution < 1.29 is 23.3 Å². The molecule has 0 aliphatic heterocycles. The molecule has 0 heterocycles. The summed E-state index contributed by atoms with van der Waals surface area (Å²) in [7, 11) is 1.37. The quantitative estimate of drug-likeness (QED) is 0.339. The Balaban J connectivity index is 0. The van der Waals surface area contributed by atoms with E-state index in [4.69, 9.17) is 4.43 Å². The smallest absolute Gasteiger partial charge is 0.591 e. The molecule has 0 amide bonds. The average Bonchev–Trinajstić information content (AvgIpc) is 1.38. The molecule has 0 aliphatic carbocycles. The molecule has 0 fully saturated rings. The Hall–Kier alpha value is 0.774. The Morgan fingerprint density at radius 2 is 1.50 bits per heavy atom. The molecule has 6 heavy (non-hydrogen) atoms. The summed E-state index contributed by atoms with van der Waals surface area (Å²) in [6, 6.07) is 0. The first-order valence-corrected chi connectivity index (χ1v) is 4.02. The van der Waals surface area contributed by atoms with Crippen LogP contribution in [0.4, 0.5) is 0 Å². The van der Waals surface area contributed by atoms with Gasteiger partial charge >= 0.3 is 18.9 Å². The molecule has 0 aliphatic rings. The van der Waals surface area contributed by atoms with E-state index < -0.39 is 0 Å². The van der Waals surface area contributed by atoms with Gasteiger partial charge in [-0.25, -0.2) is 0 Å². The largest absolute Gasteiger partial charge is 1.00 e. The molecule has 0 atom stereocenters. The first kappa shape index (κ1) is 9.91. The Bertz CT molecular complexity index is 24.8. The van der Waals surface area contributed by atoms with Gasteiger partial charge in [0.25, 0.3) is 0 Å². The predicted octanol–water partition coefficient (Wildman–Crippen LogP) is -2.11. The summed E-state index contributed by atoms with van der Waals surface area (Å²) in [6.07, 6.45) is 0. The first-order chi connectivity index (χ1) is 2.27. The Morgan fingerprint density at radius 1 is 1.33 bits per heavy atom. The second kappa shape index (κ2) is 5.77. The van der Waals surface area contributed by atoms with Gasteiger partial charge in [-0.05, 0) is 7.11 Å². The fourth-order valence-electron chi connectivity index (χ4n) is 0. The summed E-state index contributed by atoms with van der Waals surface area (Å²) in [6.45, 7) is 4.20. The Morgan fingerprint density at radius 3 is 1.50 bits per heavy atom. The fourth-order valence-corrected chi connectivity index (χ4v) is 0. The topological polar surface area (TPSA) is 9.23 Å². The molecule has 0 N–H and O–H groups in total. The molecule has 0 spiro atoms. The molecule has 32 valence electrons. The molecule has 0 unspecified atom stereocenters. The average molecular weight is 96.1 g/mol. The molecule has 0 saturated heterocycles. The molecule has 0 bridgehead atoms. The monoisotopic (exact) mass is 96.1 g/mol. The summed E-state index contributed by atoms with van der Waals surface area (Å²) in [5.41, 5.74) is 0. The van der Waals surface area contributed by atoms with E-state index in [0.29, 0.717) is 0 Å². The standard InChI is InChI=1S/C3H9OSi.Li/c1-4-5(2)3;/h1-3H3;/q-1;+1. The van der Waals surface area contributed by atoms with Crippen molar-refractivity contribution in [3.05, 3.63) is 0 Å². The van der Waals surface area contributed by atoms with Crippen LogP contribution in [-0.4, -0.2) is 16.2 Å². The van der Waals surface area contributed by atoms with E-state index in [0.717, 1.165) is 0 Å². The minimum Gasteiger partial charge on any atom is -0.591 e. The van der Waals surface area contributed by atoms with Crippen molar-refractivity contribution in [1.82, 2.24) is 0 Å². The zero-order chi connectivity index (χ0) is 4.28. The van der Waals surface area contributed by atoms with E-state index in [1.807, 2.05) is 0 Å². The van der Waals surface area contributed by atoms with Crippen LogP contribution in [-0.2, 0) is 4.43 Å². The van der Waals surface area contributed by atoms with E-state index in [9.17, 15) is 0 Å². The molecule has 0 aromatic heterocycles. The molecule has 0 radical (unpaired) electrons. The van der Waals surface area contributed by atoms with Crippen molar-refractivity contribution in [1.29, 1.82) is 0 Å². The molecular formula is C3H9LiOSi. The number of hydrogen-bond donors (Lipinski definition) is 0. The zero-order valence-corrected chi connectivity index (χ0v) is 5.91. The minimum atomic E-state index is -0.374. The van der Waals surface area contributed by atoms with E-state index >= 15 is 0 Å². The van der Waals surface area contributed by atoms with Crippen molar-refractivity contribution in [2.24, 2.45) is 0 Å². The first-order valence-electron chi connectivity index (χ1n) is 1.61. The second-order valence-corrected chi connectivity index (χ2v) is 3.34. The van der Waals surface area contributed by atoms with Crippen LogP contribution in [0.5, 0.6) is 0 Å². The van der Waals surface area contributed by atoms with Crippen molar-refractivity contribution in [3.63, 3.8) is 0 Å². The Kier molecular flexibility index (Phi) is 9.54. The maximum atomic E-state index is 4.85. The van der Waals surface area contributed by atoms with Gasteiger partial charge in [-0.2, -0.15) is 13.1 Å². The molecule has 1 nitrogen and oxygen atoms in total. The van der Waals surface area contributed by atoms with Crippen molar-refractivity contribution in [3.8, 4) is 0 Å². The number of hydrogen-bond acceptors (Lipinski definition) is 1. The van der Waals surface area contributed by atoms with E-state index in [1.165, 1.54) is 0 Å². The normalized spacial score (nSPS) is 8.00. The van der Waals surface area contributed by atoms with Crippen LogP contribution in [0, 0.1) is 0 Å². The van der Waals surface area contributed by atoms with E-state index in [2.05, 4.69) is 13.1 Å². The molecule has 0 saturated carbocycles. The van der Waals surface area contributed by atoms with E-state index in [1.54, 1.807) is 7.11 Å². The van der Waals surface area contributed by atoms with Gasteiger partial charge in [0, 0.05) is 0 Å². The molecule has 0 rings (SSSR count). The SMILES string of the molecule is CO[Si-](C)C.[Li+]. The third kappa shape index (κ3) is 8.84. The summed E-state index contributed by atoms with van der Waals surface area (Å²) in [5.74, 6) is 0. The summed E-state index contributed by atoms with van der Waals surface area (Å²) in [5, 5.41) is 0. The van der Waals surface area contributed by atoms with Gasteiger partial charge in [-0.3, -0.25) is 0 Å². The Labute approximate surface area is 53.0 Å². The predicted molar refractivity (Wildman–Crippen MR) is 24.5 cm³/mol. The molecule has 0 aromatic carbocycles. The van der Waals surface area contributed by atoms with Crippen molar-refractivity contribution >= 4 is 9.04 Å². The summed E-state index contributed by atoms with van der Waals surface area (Å²) >= 11 is 0. The fraction of sp³-hybridized carbons (Fsp3) is 1.00. The van der Waals surface area contributed by atoms with Gasteiger partial charge < -0.3 is 4.43 Å². The van der Waals surface area contributed by atoms with E-state index in [-0.39, 0.29) is 27.9 Å². The maximum absolute atomic E-state index is 4.85. The van der Waals surface area contributed by atoms with Crippen LogP contribution in [0.15, 0.2) is 0 Å². The zero-order valence-electron chi connectivity index (χ0n) is 4.91. The van der Waals surface area contributed by atoms with Gasteiger partial charge in [-0.15, -0.1) is 9.04 Å². The minimum absolute atomic E-state index is 0. The van der Waals surface area contributed by atoms with Gasteiger partial charge in [0.2, 0.25) is 0 Å². The molecule has 0 aromatic rings. The van der Waals surface area contributed by atoms with Crippen molar-refractivity contribution in [2.45, 2.75) is 13.1 Å². The summed E-state index contributed by atoms with van der Waals surface area (Å²) in [4.78, 5) is 0. The number of rotatable bonds is 1. The van der Waals surface area contributed by atoms with Crippen LogP contribution < -0.4 is 18.9 Å². The van der Waals surface area contributed by atoms with Gasteiger partial charge in [0.15, 0.2) is 0 Å². The third-order valence-corrected chi connectivity index (χ3v) is 1.22. The van der Waals surface area contributed by atoms with Crippen LogP contribution in [0.2, 0.25) is 13.1 Å². The van der Waals surface area contributed by atoms with Gasteiger partial charge in [-0.1, -0.05) is 0 Å². The van der Waals surface area contributed by atoms with Crippen LogP contribution in [0.25, 0.3) is 0 Å². The second-order valence-electron chi connectivity index (χ2n) is 1.11. The van der Waals surface area contributed by atoms with Crippen LogP contribution in [0.3, 0.4) is 0 Å². The maximum Gasteiger partial charge on any atom is 1.00 e. The van der Waals surface area contributed by atoms with Crippen LogP contribution >= 0.6 is 0 Å². The molecule has 3 heteroatoms. The summed E-state index contributed by atoms with van der Waals surface area (Å²) < 4.78 is 4.85. The van der Waals surface area contributed by atoms with Crippen LogP contribution in [0.1, 0.15) is 0 Å². The van der Waals surface area contributed by atoms with Crippen molar-refractivity contribution in [2.75, 3.05) is 7.11 Å².